The second-order valence-electron chi connectivity index (χ2n) is 5.31. The van der Waals surface area contributed by atoms with Gasteiger partial charge in [-0.2, -0.15) is 0 Å². The number of anilines is 1. The lowest BCUT2D eigenvalue weighted by molar-refractivity contribution is -0.123. The number of nitrogens with one attached hydrogen (secondary N) is 1. The summed E-state index contributed by atoms with van der Waals surface area (Å²) in [6.45, 7) is 5.55. The molecule has 6 heteroatoms. The molecule has 1 aromatic carbocycles. The summed E-state index contributed by atoms with van der Waals surface area (Å²) < 4.78 is 10.5. The van der Waals surface area contributed by atoms with E-state index in [0.717, 1.165) is 16.9 Å². The molecular weight excluding hydrogens is 326 g/mol. The highest BCUT2D eigenvalue weighted by molar-refractivity contribution is 7.14. The van der Waals surface area contributed by atoms with Crippen molar-refractivity contribution in [3.05, 3.63) is 45.6 Å². The average Bonchev–Trinajstić information content (AvgIpc) is 2.96. The van der Waals surface area contributed by atoms with E-state index in [2.05, 4.69) is 5.32 Å². The second-order valence-corrected chi connectivity index (χ2v) is 6.44. The monoisotopic (exact) mass is 347 g/mol. The van der Waals surface area contributed by atoms with E-state index < -0.39 is 18.0 Å². The summed E-state index contributed by atoms with van der Waals surface area (Å²) in [6.07, 6.45) is -0.0388. The molecule has 5 nitrogen and oxygen atoms in total. The highest BCUT2D eigenvalue weighted by atomic mass is 32.1. The van der Waals surface area contributed by atoms with Gasteiger partial charge in [0, 0.05) is 4.88 Å². The molecule has 1 atom stereocenters. The van der Waals surface area contributed by atoms with E-state index in [9.17, 15) is 9.59 Å². The number of ether oxygens (including phenoxy) is 2. The second kappa shape index (κ2) is 7.97. The molecular formula is C18H21NO4S. The molecule has 0 spiro atoms. The lowest BCUT2D eigenvalue weighted by Crippen LogP contribution is -2.29. The number of aryl methyl sites for hydroxylation is 2. The summed E-state index contributed by atoms with van der Waals surface area (Å²) in [5.41, 5.74) is 1.61. The van der Waals surface area contributed by atoms with Crippen LogP contribution in [0.25, 0.3) is 0 Å². The lowest BCUT2D eigenvalue weighted by Gasteiger charge is -2.14. The molecule has 1 amide bonds. The van der Waals surface area contributed by atoms with E-state index in [1.165, 1.54) is 18.4 Å². The minimum Gasteiger partial charge on any atom is -0.495 e. The van der Waals surface area contributed by atoms with Crippen LogP contribution in [0.5, 0.6) is 5.75 Å². The van der Waals surface area contributed by atoms with Gasteiger partial charge in [0.1, 0.15) is 10.6 Å². The molecule has 0 aliphatic carbocycles. The number of carbonyl (C=O) groups excluding carboxylic acids is 2. The van der Waals surface area contributed by atoms with E-state index >= 15 is 0 Å². The Balaban J connectivity index is 2.01. The maximum atomic E-state index is 12.2. The Morgan fingerprint density at radius 1 is 1.29 bits per heavy atom. The number of amides is 1. The van der Waals surface area contributed by atoms with Gasteiger partial charge in [-0.1, -0.05) is 19.1 Å². The number of hydrogen-bond acceptors (Lipinski definition) is 5. The van der Waals surface area contributed by atoms with Gasteiger partial charge in [-0.25, -0.2) is 4.79 Å². The Hall–Kier alpha value is -2.34. The fourth-order valence-electron chi connectivity index (χ4n) is 2.23. The number of carbonyl (C=O) groups is 2. The van der Waals surface area contributed by atoms with Crippen molar-refractivity contribution in [2.24, 2.45) is 0 Å². The quantitative estimate of drug-likeness (QED) is 0.807. The molecule has 1 N–H and O–H groups in total. The van der Waals surface area contributed by atoms with E-state index in [1.54, 1.807) is 31.2 Å². The van der Waals surface area contributed by atoms with E-state index in [4.69, 9.17) is 9.47 Å². The summed E-state index contributed by atoms with van der Waals surface area (Å²) in [5.74, 6) is -0.340. The molecule has 128 valence electrons. The number of rotatable bonds is 6. The van der Waals surface area contributed by atoms with E-state index in [1.807, 2.05) is 19.9 Å². The maximum absolute atomic E-state index is 12.2. The summed E-state index contributed by atoms with van der Waals surface area (Å²) in [6, 6.07) is 8.86. The summed E-state index contributed by atoms with van der Waals surface area (Å²) >= 11 is 1.41. The molecule has 0 bridgehead atoms. The minimum atomic E-state index is -0.908. The van der Waals surface area contributed by atoms with Gasteiger partial charge in [-0.05, 0) is 44.0 Å². The Kier molecular flexibility index (Phi) is 5.98. The number of esters is 1. The number of benzene rings is 1. The first-order valence-corrected chi connectivity index (χ1v) is 8.52. The first-order valence-electron chi connectivity index (χ1n) is 7.70. The van der Waals surface area contributed by atoms with Crippen molar-refractivity contribution in [3.63, 3.8) is 0 Å². The van der Waals surface area contributed by atoms with Crippen LogP contribution in [0, 0.1) is 6.92 Å². The molecule has 0 aliphatic rings. The van der Waals surface area contributed by atoms with Crippen LogP contribution in [0.3, 0.4) is 0 Å². The molecule has 1 aromatic heterocycles. The van der Waals surface area contributed by atoms with Gasteiger partial charge < -0.3 is 14.8 Å². The summed E-state index contributed by atoms with van der Waals surface area (Å²) in [5, 5.41) is 2.71. The molecule has 2 aromatic rings. The van der Waals surface area contributed by atoms with Gasteiger partial charge in [0.15, 0.2) is 6.10 Å². The van der Waals surface area contributed by atoms with Crippen molar-refractivity contribution in [1.82, 2.24) is 0 Å². The van der Waals surface area contributed by atoms with Gasteiger partial charge in [-0.15, -0.1) is 11.3 Å². The summed E-state index contributed by atoms with van der Waals surface area (Å²) in [7, 11) is 1.53. The van der Waals surface area contributed by atoms with Crippen LogP contribution in [0.15, 0.2) is 30.3 Å². The number of methoxy groups -OCH3 is 1. The highest BCUT2D eigenvalue weighted by Gasteiger charge is 2.21. The van der Waals surface area contributed by atoms with Crippen LogP contribution in [-0.2, 0) is 16.0 Å². The normalized spacial score (nSPS) is 11.7. The molecule has 0 fully saturated rings. The number of thiophene rings is 1. The fraction of sp³-hybridized carbons (Fsp3) is 0.333. The molecule has 0 radical (unpaired) electrons. The molecule has 2 rings (SSSR count). The van der Waals surface area contributed by atoms with Gasteiger partial charge >= 0.3 is 5.97 Å². The first kappa shape index (κ1) is 18.0. The van der Waals surface area contributed by atoms with Crippen LogP contribution < -0.4 is 10.1 Å². The third kappa shape index (κ3) is 4.14. The van der Waals surface area contributed by atoms with Crippen LogP contribution in [0.1, 0.15) is 34.0 Å². The third-order valence-corrected chi connectivity index (χ3v) is 4.92. The maximum Gasteiger partial charge on any atom is 0.349 e. The van der Waals surface area contributed by atoms with Gasteiger partial charge in [-0.3, -0.25) is 4.79 Å². The van der Waals surface area contributed by atoms with Crippen molar-refractivity contribution in [2.45, 2.75) is 33.3 Å². The molecule has 0 unspecified atom stereocenters. The smallest absolute Gasteiger partial charge is 0.349 e. The standard InChI is InChI=1S/C18H21NO4S/c1-5-15-11(2)10-16(24-15)18(21)23-12(3)17(20)19-13-8-6-7-9-14(13)22-4/h6-10,12H,5H2,1-4H3,(H,19,20)/t12-/m1/s1. The van der Waals surface area contributed by atoms with E-state index in [-0.39, 0.29) is 0 Å². The number of para-hydroxylation sites is 2. The molecule has 0 saturated heterocycles. The predicted molar refractivity (Wildman–Crippen MR) is 94.9 cm³/mol. The van der Waals surface area contributed by atoms with Gasteiger partial charge in [0.05, 0.1) is 12.8 Å². The third-order valence-electron chi connectivity index (χ3n) is 3.56. The highest BCUT2D eigenvalue weighted by Crippen LogP contribution is 2.25. The van der Waals surface area contributed by atoms with Crippen LogP contribution in [0.2, 0.25) is 0 Å². The van der Waals surface area contributed by atoms with Crippen LogP contribution in [0.4, 0.5) is 5.69 Å². The van der Waals surface area contributed by atoms with Crippen molar-refractivity contribution < 1.29 is 19.1 Å². The van der Waals surface area contributed by atoms with Crippen molar-refractivity contribution in [2.75, 3.05) is 12.4 Å². The molecule has 1 heterocycles. The SMILES string of the molecule is CCc1sc(C(=O)O[C@H](C)C(=O)Nc2ccccc2OC)cc1C. The van der Waals surface area contributed by atoms with Crippen LogP contribution >= 0.6 is 11.3 Å². The first-order chi connectivity index (χ1) is 11.5. The Labute approximate surface area is 145 Å². The number of hydrogen-bond donors (Lipinski definition) is 1. The fourth-order valence-corrected chi connectivity index (χ4v) is 3.22. The van der Waals surface area contributed by atoms with Crippen molar-refractivity contribution in [3.8, 4) is 5.75 Å². The predicted octanol–water partition coefficient (Wildman–Crippen LogP) is 3.81. The average molecular weight is 347 g/mol. The van der Waals surface area contributed by atoms with E-state index in [0.29, 0.717) is 16.3 Å². The Morgan fingerprint density at radius 3 is 2.62 bits per heavy atom. The zero-order chi connectivity index (χ0) is 17.7. The topological polar surface area (TPSA) is 64.6 Å². The van der Waals surface area contributed by atoms with Crippen molar-refractivity contribution in [1.29, 1.82) is 0 Å². The zero-order valence-electron chi connectivity index (χ0n) is 14.2. The molecule has 24 heavy (non-hydrogen) atoms. The Bertz CT molecular complexity index is 738. The largest absolute Gasteiger partial charge is 0.495 e. The van der Waals surface area contributed by atoms with Crippen LogP contribution in [-0.4, -0.2) is 25.1 Å². The molecule has 0 saturated carbocycles. The van der Waals surface area contributed by atoms with Gasteiger partial charge in [0.2, 0.25) is 0 Å². The van der Waals surface area contributed by atoms with Gasteiger partial charge in [0.25, 0.3) is 5.91 Å². The lowest BCUT2D eigenvalue weighted by atomic mass is 10.2. The van der Waals surface area contributed by atoms with Crippen molar-refractivity contribution >= 4 is 28.9 Å². The zero-order valence-corrected chi connectivity index (χ0v) is 15.0. The summed E-state index contributed by atoms with van der Waals surface area (Å²) in [4.78, 5) is 26.1. The Morgan fingerprint density at radius 2 is 2.00 bits per heavy atom. The minimum absolute atomic E-state index is 0.406. The molecule has 0 aliphatic heterocycles.